The number of alkyl halides is 2. The van der Waals surface area contributed by atoms with E-state index in [0.29, 0.717) is 17.9 Å². The summed E-state index contributed by atoms with van der Waals surface area (Å²) in [6.07, 6.45) is 0.752. The van der Waals surface area contributed by atoms with Gasteiger partial charge in [0.1, 0.15) is 11.5 Å². The van der Waals surface area contributed by atoms with Crippen LogP contribution in [0.15, 0.2) is 18.2 Å². The summed E-state index contributed by atoms with van der Waals surface area (Å²) in [5.41, 5.74) is 0.462. The Hall–Kier alpha value is -1.89. The van der Waals surface area contributed by atoms with Crippen LogP contribution in [0.4, 0.5) is 8.78 Å². The minimum Gasteiger partial charge on any atom is -0.497 e. The van der Waals surface area contributed by atoms with Gasteiger partial charge in [-0.2, -0.15) is 8.78 Å². The maximum atomic E-state index is 12.4. The van der Waals surface area contributed by atoms with Gasteiger partial charge in [-0.15, -0.1) is 0 Å². The molecule has 0 radical (unpaired) electrons. The molecular formula is C14H19F2NO4. The van der Waals surface area contributed by atoms with Gasteiger partial charge in [-0.25, -0.2) is 0 Å². The van der Waals surface area contributed by atoms with Gasteiger partial charge >= 0.3 is 12.6 Å². The quantitative estimate of drug-likeness (QED) is 0.760. The average molecular weight is 303 g/mol. The average Bonchev–Trinajstić information content (AvgIpc) is 2.39. The molecule has 21 heavy (non-hydrogen) atoms. The lowest BCUT2D eigenvalue weighted by Crippen LogP contribution is -2.30. The lowest BCUT2D eigenvalue weighted by atomic mass is 10.1. The van der Waals surface area contributed by atoms with E-state index in [1.165, 1.54) is 19.2 Å². The van der Waals surface area contributed by atoms with Crippen LogP contribution in [0.5, 0.6) is 11.5 Å². The summed E-state index contributed by atoms with van der Waals surface area (Å²) in [7, 11) is 1.47. The zero-order valence-corrected chi connectivity index (χ0v) is 12.0. The Morgan fingerprint density at radius 2 is 2.14 bits per heavy atom. The predicted octanol–water partition coefficient (Wildman–Crippen LogP) is 2.59. The van der Waals surface area contributed by atoms with Gasteiger partial charge in [0.05, 0.1) is 13.7 Å². The van der Waals surface area contributed by atoms with Gasteiger partial charge < -0.3 is 14.6 Å². The number of benzene rings is 1. The summed E-state index contributed by atoms with van der Waals surface area (Å²) in [4.78, 5) is 12.5. The summed E-state index contributed by atoms with van der Waals surface area (Å²) < 4.78 is 34.4. The molecule has 1 aromatic rings. The van der Waals surface area contributed by atoms with Crippen LogP contribution in [0.1, 0.15) is 18.9 Å². The first-order valence-electron chi connectivity index (χ1n) is 6.52. The standard InChI is InChI=1S/C14H19F2NO4/c1-3-6-17(9-13(18)19)8-10-7-11(20-2)4-5-12(10)21-14(15)16/h4-5,7,14H,3,6,8-9H2,1-2H3,(H,18,19). The Bertz CT molecular complexity index is 468. The van der Waals surface area contributed by atoms with Crippen LogP contribution in [-0.2, 0) is 11.3 Å². The topological polar surface area (TPSA) is 59.0 Å². The van der Waals surface area contributed by atoms with E-state index in [2.05, 4.69) is 4.74 Å². The van der Waals surface area contributed by atoms with Crippen molar-refractivity contribution in [1.29, 1.82) is 0 Å². The fraction of sp³-hybridized carbons (Fsp3) is 0.500. The molecule has 0 aliphatic heterocycles. The second-order valence-corrected chi connectivity index (χ2v) is 4.46. The van der Waals surface area contributed by atoms with Gasteiger partial charge in [0.25, 0.3) is 0 Å². The normalized spacial score (nSPS) is 11.0. The van der Waals surface area contributed by atoms with Crippen LogP contribution < -0.4 is 9.47 Å². The maximum absolute atomic E-state index is 12.4. The molecular weight excluding hydrogens is 284 g/mol. The van der Waals surface area contributed by atoms with E-state index < -0.39 is 12.6 Å². The summed E-state index contributed by atoms with van der Waals surface area (Å²) in [5, 5.41) is 8.89. The molecule has 1 aromatic carbocycles. The van der Waals surface area contributed by atoms with E-state index >= 15 is 0 Å². The van der Waals surface area contributed by atoms with Crippen molar-refractivity contribution in [2.75, 3.05) is 20.2 Å². The number of aliphatic carboxylic acids is 1. The lowest BCUT2D eigenvalue weighted by molar-refractivity contribution is -0.138. The summed E-state index contributed by atoms with van der Waals surface area (Å²) in [6.45, 7) is -0.455. The van der Waals surface area contributed by atoms with Gasteiger partial charge in [0, 0.05) is 12.1 Å². The highest BCUT2D eigenvalue weighted by molar-refractivity contribution is 5.69. The number of hydrogen-bond acceptors (Lipinski definition) is 4. The molecule has 0 fully saturated rings. The molecule has 0 aromatic heterocycles. The molecule has 0 atom stereocenters. The first-order chi connectivity index (χ1) is 9.96. The van der Waals surface area contributed by atoms with Crippen molar-refractivity contribution in [2.24, 2.45) is 0 Å². The van der Waals surface area contributed by atoms with E-state index in [9.17, 15) is 13.6 Å². The molecule has 0 aliphatic rings. The Kier molecular flexibility index (Phi) is 6.87. The van der Waals surface area contributed by atoms with Gasteiger partial charge in [0.15, 0.2) is 0 Å². The minimum absolute atomic E-state index is 0.0253. The number of carboxylic acid groups (broad SMARTS) is 1. The monoisotopic (exact) mass is 303 g/mol. The third kappa shape index (κ3) is 5.95. The second-order valence-electron chi connectivity index (χ2n) is 4.46. The highest BCUT2D eigenvalue weighted by atomic mass is 19.3. The molecule has 5 nitrogen and oxygen atoms in total. The molecule has 0 aliphatic carbocycles. The van der Waals surface area contributed by atoms with Crippen LogP contribution in [-0.4, -0.2) is 42.8 Å². The SMILES string of the molecule is CCCN(CC(=O)O)Cc1cc(OC)ccc1OC(F)F. The number of methoxy groups -OCH3 is 1. The number of nitrogens with zero attached hydrogens (tertiary/aromatic N) is 1. The Labute approximate surface area is 122 Å². The van der Waals surface area contributed by atoms with E-state index in [1.54, 1.807) is 11.0 Å². The molecule has 0 bridgehead atoms. The molecule has 0 unspecified atom stereocenters. The molecule has 0 amide bonds. The van der Waals surface area contributed by atoms with Crippen LogP contribution in [0.25, 0.3) is 0 Å². The maximum Gasteiger partial charge on any atom is 0.387 e. The zero-order chi connectivity index (χ0) is 15.8. The van der Waals surface area contributed by atoms with Crippen molar-refractivity contribution in [1.82, 2.24) is 4.90 Å². The van der Waals surface area contributed by atoms with Crippen molar-refractivity contribution in [3.05, 3.63) is 23.8 Å². The van der Waals surface area contributed by atoms with Crippen molar-refractivity contribution in [3.63, 3.8) is 0 Å². The second kappa shape index (κ2) is 8.41. The van der Waals surface area contributed by atoms with Crippen molar-refractivity contribution < 1.29 is 28.2 Å². The van der Waals surface area contributed by atoms with E-state index in [4.69, 9.17) is 9.84 Å². The molecule has 118 valence electrons. The number of rotatable bonds is 9. The third-order valence-corrected chi connectivity index (χ3v) is 2.78. The molecule has 0 saturated carbocycles. The van der Waals surface area contributed by atoms with Gasteiger partial charge in [0.2, 0.25) is 0 Å². The number of carboxylic acids is 1. The predicted molar refractivity (Wildman–Crippen MR) is 72.8 cm³/mol. The lowest BCUT2D eigenvalue weighted by Gasteiger charge is -2.21. The Balaban J connectivity index is 2.97. The molecule has 0 heterocycles. The van der Waals surface area contributed by atoms with E-state index in [0.717, 1.165) is 6.42 Å². The van der Waals surface area contributed by atoms with Crippen molar-refractivity contribution in [3.8, 4) is 11.5 Å². The molecule has 1 rings (SSSR count). The molecule has 0 spiro atoms. The van der Waals surface area contributed by atoms with Crippen LogP contribution in [0.2, 0.25) is 0 Å². The van der Waals surface area contributed by atoms with Gasteiger partial charge in [-0.05, 0) is 31.2 Å². The molecule has 0 saturated heterocycles. The van der Waals surface area contributed by atoms with Crippen LogP contribution in [0.3, 0.4) is 0 Å². The largest absolute Gasteiger partial charge is 0.497 e. The first kappa shape index (κ1) is 17.2. The smallest absolute Gasteiger partial charge is 0.387 e. The van der Waals surface area contributed by atoms with Crippen LogP contribution in [0, 0.1) is 0 Å². The number of ether oxygens (including phenoxy) is 2. The number of halogens is 2. The summed E-state index contributed by atoms with van der Waals surface area (Å²) in [6, 6.07) is 4.48. The van der Waals surface area contributed by atoms with Crippen molar-refractivity contribution >= 4 is 5.97 Å². The number of hydrogen-bond donors (Lipinski definition) is 1. The Morgan fingerprint density at radius 3 is 2.67 bits per heavy atom. The van der Waals surface area contributed by atoms with Gasteiger partial charge in [-0.3, -0.25) is 9.69 Å². The fourth-order valence-corrected chi connectivity index (χ4v) is 1.98. The summed E-state index contributed by atoms with van der Waals surface area (Å²) >= 11 is 0. The number of carbonyl (C=O) groups is 1. The van der Waals surface area contributed by atoms with E-state index in [1.807, 2.05) is 6.92 Å². The first-order valence-corrected chi connectivity index (χ1v) is 6.52. The van der Waals surface area contributed by atoms with Crippen LogP contribution >= 0.6 is 0 Å². The van der Waals surface area contributed by atoms with E-state index in [-0.39, 0.29) is 18.8 Å². The Morgan fingerprint density at radius 1 is 1.43 bits per heavy atom. The van der Waals surface area contributed by atoms with Gasteiger partial charge in [-0.1, -0.05) is 6.92 Å². The zero-order valence-electron chi connectivity index (χ0n) is 12.0. The van der Waals surface area contributed by atoms with Crippen molar-refractivity contribution in [2.45, 2.75) is 26.5 Å². The highest BCUT2D eigenvalue weighted by Gasteiger charge is 2.15. The minimum atomic E-state index is -2.93. The highest BCUT2D eigenvalue weighted by Crippen LogP contribution is 2.27. The molecule has 7 heteroatoms. The molecule has 1 N–H and O–H groups in total. The fourth-order valence-electron chi connectivity index (χ4n) is 1.98. The third-order valence-electron chi connectivity index (χ3n) is 2.78. The summed E-state index contributed by atoms with van der Waals surface area (Å²) in [5.74, 6) is -0.446.